The van der Waals surface area contributed by atoms with E-state index in [2.05, 4.69) is 17.1 Å². The first-order valence-electron chi connectivity index (χ1n) is 4.39. The van der Waals surface area contributed by atoms with Crippen LogP contribution in [0.15, 0.2) is 6.33 Å². The van der Waals surface area contributed by atoms with Crippen LogP contribution in [-0.4, -0.2) is 27.5 Å². The maximum absolute atomic E-state index is 5.74. The third-order valence-corrected chi connectivity index (χ3v) is 2.70. The molecule has 0 bridgehead atoms. The molecule has 4 nitrogen and oxygen atoms in total. The van der Waals surface area contributed by atoms with Crippen LogP contribution in [0.3, 0.4) is 0 Å². The second-order valence-corrected chi connectivity index (χ2v) is 3.49. The summed E-state index contributed by atoms with van der Waals surface area (Å²) in [5, 5.41) is 7.78. The molecule has 72 valence electrons. The largest absolute Gasteiger partial charge is 0.376 e. The fraction of sp³-hybridized carbons (Fsp3) is 0.750. The smallest absolute Gasteiger partial charge is 0.148 e. The number of nitrogens with zero attached hydrogens (tertiary/aromatic N) is 3. The van der Waals surface area contributed by atoms with Gasteiger partial charge in [-0.3, -0.25) is 0 Å². The monoisotopic (exact) mass is 201 g/mol. The van der Waals surface area contributed by atoms with Crippen molar-refractivity contribution in [2.45, 2.75) is 31.4 Å². The van der Waals surface area contributed by atoms with Crippen LogP contribution in [-0.2, 0) is 10.6 Å². The number of alkyl halides is 1. The van der Waals surface area contributed by atoms with E-state index in [1.54, 1.807) is 6.33 Å². The number of ether oxygens (including phenoxy) is 1. The van der Waals surface area contributed by atoms with Crippen molar-refractivity contribution in [2.75, 3.05) is 6.61 Å². The minimum Gasteiger partial charge on any atom is -0.376 e. The quantitative estimate of drug-likeness (QED) is 0.679. The zero-order chi connectivity index (χ0) is 9.26. The second-order valence-electron chi connectivity index (χ2n) is 3.22. The molecule has 1 aliphatic heterocycles. The molecule has 13 heavy (non-hydrogen) atoms. The molecule has 0 aliphatic carbocycles. The standard InChI is InChI=1S/C8H12ClN3O/c1-6-7(2-3-13-6)12-5-10-11-8(12)4-9/h5-7H,2-4H2,1H3. The Hall–Kier alpha value is -0.610. The van der Waals surface area contributed by atoms with Gasteiger partial charge in [0.2, 0.25) is 0 Å². The van der Waals surface area contributed by atoms with Crippen LogP contribution >= 0.6 is 11.6 Å². The maximum Gasteiger partial charge on any atom is 0.148 e. The Balaban J connectivity index is 2.23. The first-order valence-corrected chi connectivity index (χ1v) is 4.92. The molecule has 0 N–H and O–H groups in total. The first kappa shape index (κ1) is 8.97. The van der Waals surface area contributed by atoms with E-state index in [9.17, 15) is 0 Å². The van der Waals surface area contributed by atoms with Crippen LogP contribution in [0.1, 0.15) is 25.2 Å². The van der Waals surface area contributed by atoms with Crippen molar-refractivity contribution in [2.24, 2.45) is 0 Å². The van der Waals surface area contributed by atoms with E-state index >= 15 is 0 Å². The van der Waals surface area contributed by atoms with Gasteiger partial charge in [0, 0.05) is 6.61 Å². The number of aromatic nitrogens is 3. The lowest BCUT2D eigenvalue weighted by atomic mass is 10.1. The molecule has 0 saturated carbocycles. The predicted molar refractivity (Wildman–Crippen MR) is 48.6 cm³/mol. The van der Waals surface area contributed by atoms with Crippen molar-refractivity contribution >= 4 is 11.6 Å². The average molecular weight is 202 g/mol. The Morgan fingerprint density at radius 2 is 2.62 bits per heavy atom. The highest BCUT2D eigenvalue weighted by molar-refractivity contribution is 6.16. The van der Waals surface area contributed by atoms with Crippen LogP contribution in [0.2, 0.25) is 0 Å². The highest BCUT2D eigenvalue weighted by atomic mass is 35.5. The van der Waals surface area contributed by atoms with E-state index in [-0.39, 0.29) is 6.10 Å². The van der Waals surface area contributed by atoms with Crippen molar-refractivity contribution in [1.82, 2.24) is 14.8 Å². The molecule has 0 aromatic carbocycles. The van der Waals surface area contributed by atoms with Crippen molar-refractivity contribution in [3.63, 3.8) is 0 Å². The minimum absolute atomic E-state index is 0.234. The van der Waals surface area contributed by atoms with E-state index in [0.717, 1.165) is 18.9 Å². The Bertz CT molecular complexity index is 289. The number of rotatable bonds is 2. The van der Waals surface area contributed by atoms with Crippen LogP contribution in [0.5, 0.6) is 0 Å². The molecule has 2 heterocycles. The van der Waals surface area contributed by atoms with Crippen molar-refractivity contribution < 1.29 is 4.74 Å². The van der Waals surface area contributed by atoms with Crippen molar-refractivity contribution in [3.8, 4) is 0 Å². The van der Waals surface area contributed by atoms with Crippen LogP contribution < -0.4 is 0 Å². The Kier molecular flexibility index (Phi) is 2.51. The summed E-state index contributed by atoms with van der Waals surface area (Å²) >= 11 is 5.74. The lowest BCUT2D eigenvalue weighted by Crippen LogP contribution is -2.17. The minimum atomic E-state index is 0.234. The summed E-state index contributed by atoms with van der Waals surface area (Å²) in [4.78, 5) is 0. The molecule has 1 aromatic rings. The van der Waals surface area contributed by atoms with Gasteiger partial charge in [0.15, 0.2) is 0 Å². The van der Waals surface area contributed by atoms with Gasteiger partial charge in [-0.15, -0.1) is 21.8 Å². The molecule has 0 amide bonds. The van der Waals surface area contributed by atoms with E-state index < -0.39 is 0 Å². The summed E-state index contributed by atoms with van der Waals surface area (Å²) in [5.41, 5.74) is 0. The zero-order valence-corrected chi connectivity index (χ0v) is 8.24. The van der Waals surface area contributed by atoms with Gasteiger partial charge >= 0.3 is 0 Å². The van der Waals surface area contributed by atoms with E-state index in [1.165, 1.54) is 0 Å². The van der Waals surface area contributed by atoms with Gasteiger partial charge in [0.05, 0.1) is 18.0 Å². The third-order valence-electron chi connectivity index (χ3n) is 2.46. The fourth-order valence-corrected chi connectivity index (χ4v) is 1.92. The lowest BCUT2D eigenvalue weighted by Gasteiger charge is -2.16. The van der Waals surface area contributed by atoms with Gasteiger partial charge in [-0.2, -0.15) is 0 Å². The summed E-state index contributed by atoms with van der Waals surface area (Å²) in [6.45, 7) is 2.88. The first-order chi connectivity index (χ1) is 6.33. The molecule has 0 spiro atoms. The van der Waals surface area contributed by atoms with E-state index in [1.807, 2.05) is 4.57 Å². The Morgan fingerprint density at radius 1 is 1.77 bits per heavy atom. The predicted octanol–water partition coefficient (Wildman–Crippen LogP) is 1.37. The van der Waals surface area contributed by atoms with Gasteiger partial charge in [-0.25, -0.2) is 0 Å². The number of hydrogen-bond acceptors (Lipinski definition) is 3. The molecule has 0 radical (unpaired) electrons. The topological polar surface area (TPSA) is 39.9 Å². The summed E-state index contributed by atoms with van der Waals surface area (Å²) < 4.78 is 7.49. The SMILES string of the molecule is CC1OCCC1n1cnnc1CCl. The molecular formula is C8H12ClN3O. The molecule has 1 aliphatic rings. The summed E-state index contributed by atoms with van der Waals surface area (Å²) in [7, 11) is 0. The molecule has 1 fully saturated rings. The summed E-state index contributed by atoms with van der Waals surface area (Å²) in [5.74, 6) is 1.23. The third kappa shape index (κ3) is 1.56. The van der Waals surface area contributed by atoms with Crippen molar-refractivity contribution in [1.29, 1.82) is 0 Å². The lowest BCUT2D eigenvalue weighted by molar-refractivity contribution is 0.107. The molecule has 2 rings (SSSR count). The summed E-state index contributed by atoms with van der Waals surface area (Å²) in [6, 6.07) is 0.351. The second kappa shape index (κ2) is 3.64. The molecule has 2 unspecified atom stereocenters. The normalized spacial score (nSPS) is 28.2. The molecule has 5 heteroatoms. The highest BCUT2D eigenvalue weighted by Crippen LogP contribution is 2.26. The van der Waals surface area contributed by atoms with Gasteiger partial charge in [-0.05, 0) is 13.3 Å². The van der Waals surface area contributed by atoms with Crippen molar-refractivity contribution in [3.05, 3.63) is 12.2 Å². The highest BCUT2D eigenvalue weighted by Gasteiger charge is 2.27. The average Bonchev–Trinajstić information content (AvgIpc) is 2.71. The van der Waals surface area contributed by atoms with Gasteiger partial charge in [-0.1, -0.05) is 0 Å². The molecule has 2 atom stereocenters. The summed E-state index contributed by atoms with van der Waals surface area (Å²) in [6.07, 6.45) is 2.98. The van der Waals surface area contributed by atoms with Crippen LogP contribution in [0, 0.1) is 0 Å². The zero-order valence-electron chi connectivity index (χ0n) is 7.48. The van der Waals surface area contributed by atoms with Crippen LogP contribution in [0.4, 0.5) is 0 Å². The molecule has 1 saturated heterocycles. The van der Waals surface area contributed by atoms with Gasteiger partial charge < -0.3 is 9.30 Å². The van der Waals surface area contributed by atoms with E-state index in [0.29, 0.717) is 11.9 Å². The van der Waals surface area contributed by atoms with E-state index in [4.69, 9.17) is 16.3 Å². The Labute approximate surface area is 81.9 Å². The number of hydrogen-bond donors (Lipinski definition) is 0. The Morgan fingerprint density at radius 3 is 3.23 bits per heavy atom. The van der Waals surface area contributed by atoms with Gasteiger partial charge in [0.1, 0.15) is 12.2 Å². The van der Waals surface area contributed by atoms with Crippen LogP contribution in [0.25, 0.3) is 0 Å². The maximum atomic E-state index is 5.74. The fourth-order valence-electron chi connectivity index (χ4n) is 1.72. The molecule has 1 aromatic heterocycles. The van der Waals surface area contributed by atoms with Gasteiger partial charge in [0.25, 0.3) is 0 Å². The molecular weight excluding hydrogens is 190 g/mol. The number of halogens is 1.